The molecule has 0 fully saturated rings. The summed E-state index contributed by atoms with van der Waals surface area (Å²) < 4.78 is 13.0. The quantitative estimate of drug-likeness (QED) is 0.734. The molecule has 0 aliphatic heterocycles. The average Bonchev–Trinajstić information content (AvgIpc) is 2.22. The first-order chi connectivity index (χ1) is 7.47. The lowest BCUT2D eigenvalue weighted by Gasteiger charge is -2.18. The molecule has 0 bridgehead atoms. The fraction of sp³-hybridized carbons (Fsp3) is 0.400. The number of hydrogen-bond acceptors (Lipinski definition) is 3. The van der Waals surface area contributed by atoms with Gasteiger partial charge in [0.15, 0.2) is 0 Å². The summed E-state index contributed by atoms with van der Waals surface area (Å²) in [7, 11) is 0. The number of benzene rings is 1. The molecule has 0 saturated heterocycles. The highest BCUT2D eigenvalue weighted by molar-refractivity contribution is 6.32. The molecule has 16 heavy (non-hydrogen) atoms. The van der Waals surface area contributed by atoms with E-state index in [1.54, 1.807) is 0 Å². The van der Waals surface area contributed by atoms with Gasteiger partial charge < -0.3 is 15.3 Å². The summed E-state index contributed by atoms with van der Waals surface area (Å²) in [6, 6.07) is 1.84. The Morgan fingerprint density at radius 3 is 2.50 bits per heavy atom. The van der Waals surface area contributed by atoms with E-state index in [1.165, 1.54) is 0 Å². The van der Waals surface area contributed by atoms with E-state index in [0.717, 1.165) is 12.1 Å². The van der Waals surface area contributed by atoms with E-state index in [9.17, 15) is 19.7 Å². The van der Waals surface area contributed by atoms with Crippen LogP contribution in [0.4, 0.5) is 4.39 Å². The second-order valence-corrected chi connectivity index (χ2v) is 4.10. The molecule has 0 heterocycles. The number of phenolic OH excluding ortho intramolecular Hbond substituents is 1. The first-order valence-electron chi connectivity index (χ1n) is 4.57. The van der Waals surface area contributed by atoms with Gasteiger partial charge in [-0.15, -0.1) is 11.6 Å². The average molecular weight is 269 g/mol. The van der Waals surface area contributed by atoms with E-state index in [1.807, 2.05) is 0 Å². The molecule has 3 nitrogen and oxygen atoms in total. The molecule has 0 aliphatic rings. The van der Waals surface area contributed by atoms with Crippen molar-refractivity contribution in [3.8, 4) is 5.75 Å². The van der Waals surface area contributed by atoms with Gasteiger partial charge in [-0.25, -0.2) is 4.39 Å². The topological polar surface area (TPSA) is 60.7 Å². The Labute approximate surface area is 102 Å². The highest BCUT2D eigenvalue weighted by Gasteiger charge is 2.23. The number of hydrogen-bond donors (Lipinski definition) is 3. The second kappa shape index (κ2) is 5.68. The maximum Gasteiger partial charge on any atom is 0.140 e. The van der Waals surface area contributed by atoms with E-state index in [2.05, 4.69) is 0 Å². The minimum Gasteiger partial charge on any atom is -0.506 e. The van der Waals surface area contributed by atoms with Crippen LogP contribution in [-0.2, 0) is 0 Å². The number of aromatic hydroxyl groups is 1. The molecular weight excluding hydrogens is 258 g/mol. The van der Waals surface area contributed by atoms with Crippen molar-refractivity contribution in [2.75, 3.05) is 5.88 Å². The fourth-order valence-corrected chi connectivity index (χ4v) is 1.73. The van der Waals surface area contributed by atoms with E-state index < -0.39 is 23.8 Å². The van der Waals surface area contributed by atoms with Crippen LogP contribution in [-0.4, -0.2) is 27.3 Å². The first-order valence-corrected chi connectivity index (χ1v) is 5.48. The number of phenols is 1. The predicted molar refractivity (Wildman–Crippen MR) is 59.4 cm³/mol. The molecule has 0 saturated carbocycles. The maximum absolute atomic E-state index is 13.0. The van der Waals surface area contributed by atoms with E-state index in [4.69, 9.17) is 23.2 Å². The molecule has 0 radical (unpaired) electrons. The molecule has 2 unspecified atom stereocenters. The molecule has 2 atom stereocenters. The van der Waals surface area contributed by atoms with Crippen molar-refractivity contribution in [1.29, 1.82) is 0 Å². The fourth-order valence-electron chi connectivity index (χ4n) is 1.29. The van der Waals surface area contributed by atoms with Crippen LogP contribution in [0.2, 0.25) is 5.02 Å². The maximum atomic E-state index is 13.0. The Morgan fingerprint density at radius 1 is 1.31 bits per heavy atom. The van der Waals surface area contributed by atoms with Crippen molar-refractivity contribution in [2.24, 2.45) is 0 Å². The van der Waals surface area contributed by atoms with Crippen molar-refractivity contribution in [1.82, 2.24) is 0 Å². The minimum absolute atomic E-state index is 0.121. The smallest absolute Gasteiger partial charge is 0.140 e. The number of rotatable bonds is 4. The molecule has 0 aromatic heterocycles. The van der Waals surface area contributed by atoms with Crippen molar-refractivity contribution in [2.45, 2.75) is 18.6 Å². The summed E-state index contributed by atoms with van der Waals surface area (Å²) >= 11 is 10.9. The third-order valence-corrected chi connectivity index (χ3v) is 2.65. The van der Waals surface area contributed by atoms with Crippen LogP contribution in [0, 0.1) is 5.82 Å². The predicted octanol–water partition coefficient (Wildman–Crippen LogP) is 2.21. The summed E-state index contributed by atoms with van der Waals surface area (Å²) in [5, 5.41) is 28.4. The van der Waals surface area contributed by atoms with Crippen molar-refractivity contribution in [3.05, 3.63) is 28.5 Å². The number of aliphatic hydroxyl groups is 2. The van der Waals surface area contributed by atoms with E-state index in [0.29, 0.717) is 0 Å². The molecule has 0 spiro atoms. The highest BCUT2D eigenvalue weighted by atomic mass is 35.5. The van der Waals surface area contributed by atoms with Gasteiger partial charge in [-0.05, 0) is 18.6 Å². The Bertz CT molecular complexity index is 373. The van der Waals surface area contributed by atoms with Crippen LogP contribution in [0.15, 0.2) is 12.1 Å². The SMILES string of the molecule is Oc1c(Cl)cc(F)cc1C(O)C(O)CCCl. The van der Waals surface area contributed by atoms with Gasteiger partial charge in [-0.3, -0.25) is 0 Å². The largest absolute Gasteiger partial charge is 0.506 e. The molecule has 0 aliphatic carbocycles. The minimum atomic E-state index is -1.42. The van der Waals surface area contributed by atoms with E-state index in [-0.39, 0.29) is 22.9 Å². The molecule has 1 rings (SSSR count). The molecule has 3 N–H and O–H groups in total. The lowest BCUT2D eigenvalue weighted by atomic mass is 10.0. The molecule has 1 aromatic rings. The van der Waals surface area contributed by atoms with Gasteiger partial charge in [-0.2, -0.15) is 0 Å². The van der Waals surface area contributed by atoms with Crippen molar-refractivity contribution >= 4 is 23.2 Å². The summed E-state index contributed by atoms with van der Waals surface area (Å²) in [6.07, 6.45) is -2.48. The summed E-state index contributed by atoms with van der Waals surface area (Å²) in [4.78, 5) is 0. The zero-order valence-corrected chi connectivity index (χ0v) is 9.71. The van der Waals surface area contributed by atoms with Gasteiger partial charge in [0.25, 0.3) is 0 Å². The van der Waals surface area contributed by atoms with Gasteiger partial charge in [0.05, 0.1) is 11.1 Å². The number of halogens is 3. The van der Waals surface area contributed by atoms with Gasteiger partial charge in [0, 0.05) is 11.4 Å². The normalized spacial score (nSPS) is 14.8. The second-order valence-electron chi connectivity index (χ2n) is 3.32. The van der Waals surface area contributed by atoms with Crippen molar-refractivity contribution in [3.63, 3.8) is 0 Å². The van der Waals surface area contributed by atoms with Gasteiger partial charge in [0.2, 0.25) is 0 Å². The first kappa shape index (κ1) is 13.5. The van der Waals surface area contributed by atoms with E-state index >= 15 is 0 Å². The van der Waals surface area contributed by atoms with Gasteiger partial charge in [0.1, 0.15) is 17.7 Å². The highest BCUT2D eigenvalue weighted by Crippen LogP contribution is 2.34. The molecule has 1 aromatic carbocycles. The summed E-state index contributed by atoms with van der Waals surface area (Å²) in [5.41, 5.74) is -0.150. The third kappa shape index (κ3) is 2.98. The standard InChI is InChI=1S/C10H11Cl2FO3/c11-2-1-8(14)10(16)6-3-5(13)4-7(12)9(6)15/h3-4,8,10,14-16H,1-2H2. The summed E-state index contributed by atoms with van der Waals surface area (Å²) in [6.45, 7) is 0. The molecular formula is C10H11Cl2FO3. The monoisotopic (exact) mass is 268 g/mol. The van der Waals surface area contributed by atoms with Gasteiger partial charge in [-0.1, -0.05) is 11.6 Å². The van der Waals surface area contributed by atoms with Crippen LogP contribution in [0.1, 0.15) is 18.1 Å². The molecule has 6 heteroatoms. The zero-order valence-electron chi connectivity index (χ0n) is 8.20. The Morgan fingerprint density at radius 2 is 1.94 bits per heavy atom. The summed E-state index contributed by atoms with van der Waals surface area (Å²) in [5.74, 6) is -0.999. The van der Waals surface area contributed by atoms with Crippen molar-refractivity contribution < 1.29 is 19.7 Å². The van der Waals surface area contributed by atoms with Crippen LogP contribution >= 0.6 is 23.2 Å². The number of aliphatic hydroxyl groups excluding tert-OH is 2. The van der Waals surface area contributed by atoms with Crippen LogP contribution < -0.4 is 0 Å². The van der Waals surface area contributed by atoms with Gasteiger partial charge >= 0.3 is 0 Å². The van der Waals surface area contributed by atoms with Crippen LogP contribution in [0.25, 0.3) is 0 Å². The Kier molecular flexibility index (Phi) is 4.80. The zero-order chi connectivity index (χ0) is 12.3. The van der Waals surface area contributed by atoms with Crippen LogP contribution in [0.3, 0.4) is 0 Å². The Hall–Kier alpha value is -0.550. The Balaban J connectivity index is 3.03. The molecule has 90 valence electrons. The lowest BCUT2D eigenvalue weighted by molar-refractivity contribution is 0.0155. The number of alkyl halides is 1. The molecule has 0 amide bonds. The lowest BCUT2D eigenvalue weighted by Crippen LogP contribution is -2.19. The third-order valence-electron chi connectivity index (χ3n) is 2.15. The van der Waals surface area contributed by atoms with Crippen LogP contribution in [0.5, 0.6) is 5.75 Å².